The van der Waals surface area contributed by atoms with Crippen molar-refractivity contribution in [3.8, 4) is 0 Å². The summed E-state index contributed by atoms with van der Waals surface area (Å²) in [5, 5.41) is 4.41. The lowest BCUT2D eigenvalue weighted by atomic mass is 10.1. The van der Waals surface area contributed by atoms with Gasteiger partial charge in [-0.3, -0.25) is 4.79 Å². The summed E-state index contributed by atoms with van der Waals surface area (Å²) in [6, 6.07) is 0.811. The number of amides is 1. The standard InChI is InChI=1S/C13H19N3OS/c1-8-12(18-9(2)15-8)13(17)16-10-3-4-11(16)7-14-6-5-10/h10-11,14H,3-7H2,1-2H3. The number of aryl methyl sites for hydroxylation is 2. The fraction of sp³-hybridized carbons (Fsp3) is 0.692. The van der Waals surface area contributed by atoms with E-state index in [1.165, 1.54) is 11.3 Å². The second kappa shape index (κ2) is 4.63. The Hall–Kier alpha value is -0.940. The third-order valence-corrected chi connectivity index (χ3v) is 5.05. The number of thiazole rings is 1. The van der Waals surface area contributed by atoms with Crippen molar-refractivity contribution in [2.24, 2.45) is 0 Å². The van der Waals surface area contributed by atoms with Gasteiger partial charge < -0.3 is 10.2 Å². The van der Waals surface area contributed by atoms with Gasteiger partial charge in [-0.25, -0.2) is 4.98 Å². The molecule has 2 saturated heterocycles. The quantitative estimate of drug-likeness (QED) is 0.841. The molecule has 4 nitrogen and oxygen atoms in total. The fourth-order valence-corrected chi connectivity index (χ4v) is 4.02. The second-order valence-electron chi connectivity index (χ2n) is 5.24. The molecule has 5 heteroatoms. The average Bonchev–Trinajstić information content (AvgIpc) is 2.76. The molecule has 0 aliphatic carbocycles. The maximum atomic E-state index is 12.7. The van der Waals surface area contributed by atoms with Gasteiger partial charge in [0.15, 0.2) is 0 Å². The Morgan fingerprint density at radius 2 is 2.11 bits per heavy atom. The number of carbonyl (C=O) groups excluding carboxylic acids is 1. The van der Waals surface area contributed by atoms with Crippen molar-refractivity contribution in [2.45, 2.75) is 45.2 Å². The summed E-state index contributed by atoms with van der Waals surface area (Å²) in [4.78, 5) is 20.1. The van der Waals surface area contributed by atoms with E-state index < -0.39 is 0 Å². The molecule has 3 heterocycles. The highest BCUT2D eigenvalue weighted by Gasteiger charge is 2.39. The highest BCUT2D eigenvalue weighted by molar-refractivity contribution is 7.13. The van der Waals surface area contributed by atoms with Gasteiger partial charge in [0.1, 0.15) is 4.88 Å². The minimum absolute atomic E-state index is 0.203. The van der Waals surface area contributed by atoms with E-state index in [1.807, 2.05) is 13.8 Å². The van der Waals surface area contributed by atoms with Crippen LogP contribution in [0.25, 0.3) is 0 Å². The molecular weight excluding hydrogens is 246 g/mol. The Labute approximate surface area is 111 Å². The van der Waals surface area contributed by atoms with E-state index in [0.717, 1.165) is 47.9 Å². The molecule has 2 fully saturated rings. The maximum Gasteiger partial charge on any atom is 0.266 e. The van der Waals surface area contributed by atoms with E-state index >= 15 is 0 Å². The first-order chi connectivity index (χ1) is 8.66. The lowest BCUT2D eigenvalue weighted by molar-refractivity contribution is 0.0684. The van der Waals surface area contributed by atoms with Gasteiger partial charge in [0.05, 0.1) is 10.7 Å². The fourth-order valence-electron chi connectivity index (χ4n) is 3.16. The Morgan fingerprint density at radius 3 is 2.83 bits per heavy atom. The Morgan fingerprint density at radius 1 is 1.33 bits per heavy atom. The molecule has 0 aromatic carbocycles. The number of nitrogens with one attached hydrogen (secondary N) is 1. The van der Waals surface area contributed by atoms with Crippen molar-refractivity contribution in [1.82, 2.24) is 15.2 Å². The largest absolute Gasteiger partial charge is 0.331 e. The van der Waals surface area contributed by atoms with Crippen LogP contribution < -0.4 is 5.32 Å². The average molecular weight is 265 g/mol. The van der Waals surface area contributed by atoms with Gasteiger partial charge in [-0.1, -0.05) is 0 Å². The lowest BCUT2D eigenvalue weighted by Gasteiger charge is -2.27. The predicted molar refractivity (Wildman–Crippen MR) is 72.1 cm³/mol. The summed E-state index contributed by atoms with van der Waals surface area (Å²) >= 11 is 1.53. The molecule has 1 N–H and O–H groups in total. The molecule has 2 aliphatic rings. The SMILES string of the molecule is Cc1nc(C)c(C(=O)N2C3CCNCC2CC3)s1. The van der Waals surface area contributed by atoms with Crippen molar-refractivity contribution in [3.05, 3.63) is 15.6 Å². The molecule has 0 spiro atoms. The molecule has 3 rings (SSSR count). The smallest absolute Gasteiger partial charge is 0.266 e. The molecule has 2 aliphatic heterocycles. The number of carbonyl (C=O) groups is 1. The van der Waals surface area contributed by atoms with Crippen molar-refractivity contribution < 1.29 is 4.79 Å². The number of aromatic nitrogens is 1. The maximum absolute atomic E-state index is 12.7. The third-order valence-electron chi connectivity index (χ3n) is 3.99. The van der Waals surface area contributed by atoms with Crippen LogP contribution in [-0.2, 0) is 0 Å². The summed E-state index contributed by atoms with van der Waals surface area (Å²) in [6.45, 7) is 5.88. The zero-order valence-electron chi connectivity index (χ0n) is 10.9. The lowest BCUT2D eigenvalue weighted by Crippen LogP contribution is -2.42. The van der Waals surface area contributed by atoms with E-state index in [-0.39, 0.29) is 5.91 Å². The molecule has 98 valence electrons. The van der Waals surface area contributed by atoms with Gasteiger partial charge in [0.25, 0.3) is 5.91 Å². The van der Waals surface area contributed by atoms with Crippen LogP contribution in [0.4, 0.5) is 0 Å². The van der Waals surface area contributed by atoms with Gasteiger partial charge in [-0.2, -0.15) is 0 Å². The normalized spacial score (nSPS) is 27.3. The summed E-state index contributed by atoms with van der Waals surface area (Å²) in [5.41, 5.74) is 0.888. The first kappa shape index (κ1) is 12.1. The number of hydrogen-bond donors (Lipinski definition) is 1. The Bertz CT molecular complexity index is 457. The van der Waals surface area contributed by atoms with Gasteiger partial charge in [0.2, 0.25) is 0 Å². The molecule has 0 saturated carbocycles. The van der Waals surface area contributed by atoms with E-state index in [0.29, 0.717) is 12.1 Å². The number of fused-ring (bicyclic) bond motifs is 2. The Kier molecular flexibility index (Phi) is 3.11. The van der Waals surface area contributed by atoms with Gasteiger partial charge in [-0.15, -0.1) is 11.3 Å². The van der Waals surface area contributed by atoms with E-state index in [9.17, 15) is 4.79 Å². The summed E-state index contributed by atoms with van der Waals surface area (Å²) in [6.07, 6.45) is 3.38. The Balaban J connectivity index is 1.90. The first-order valence-corrected chi connectivity index (χ1v) is 7.46. The topological polar surface area (TPSA) is 45.2 Å². The second-order valence-corrected chi connectivity index (χ2v) is 6.44. The summed E-state index contributed by atoms with van der Waals surface area (Å²) < 4.78 is 0. The van der Waals surface area contributed by atoms with Crippen molar-refractivity contribution in [1.29, 1.82) is 0 Å². The minimum Gasteiger partial charge on any atom is -0.331 e. The van der Waals surface area contributed by atoms with Crippen LogP contribution >= 0.6 is 11.3 Å². The summed E-state index contributed by atoms with van der Waals surface area (Å²) in [5.74, 6) is 0.203. The zero-order valence-corrected chi connectivity index (χ0v) is 11.7. The van der Waals surface area contributed by atoms with E-state index in [2.05, 4.69) is 15.2 Å². The number of hydrogen-bond acceptors (Lipinski definition) is 4. The van der Waals surface area contributed by atoms with Gasteiger partial charge >= 0.3 is 0 Å². The summed E-state index contributed by atoms with van der Waals surface area (Å²) in [7, 11) is 0. The van der Waals surface area contributed by atoms with Crippen LogP contribution in [0.5, 0.6) is 0 Å². The van der Waals surface area contributed by atoms with Gasteiger partial charge in [-0.05, 0) is 39.7 Å². The van der Waals surface area contributed by atoms with Crippen LogP contribution in [0.2, 0.25) is 0 Å². The third kappa shape index (κ3) is 1.95. The van der Waals surface area contributed by atoms with Crippen LogP contribution in [0.1, 0.15) is 39.6 Å². The monoisotopic (exact) mass is 265 g/mol. The van der Waals surface area contributed by atoms with E-state index in [1.54, 1.807) is 0 Å². The molecule has 0 radical (unpaired) electrons. The van der Waals surface area contributed by atoms with Crippen molar-refractivity contribution in [3.63, 3.8) is 0 Å². The van der Waals surface area contributed by atoms with Crippen LogP contribution in [0.3, 0.4) is 0 Å². The molecule has 18 heavy (non-hydrogen) atoms. The molecule has 2 unspecified atom stereocenters. The molecule has 1 aromatic heterocycles. The molecule has 1 aromatic rings. The molecule has 2 bridgehead atoms. The van der Waals surface area contributed by atoms with Crippen molar-refractivity contribution in [2.75, 3.05) is 13.1 Å². The van der Waals surface area contributed by atoms with Crippen molar-refractivity contribution >= 4 is 17.2 Å². The van der Waals surface area contributed by atoms with Crippen LogP contribution in [0.15, 0.2) is 0 Å². The van der Waals surface area contributed by atoms with Crippen LogP contribution in [0, 0.1) is 13.8 Å². The minimum atomic E-state index is 0.203. The number of rotatable bonds is 1. The zero-order chi connectivity index (χ0) is 12.7. The van der Waals surface area contributed by atoms with E-state index in [4.69, 9.17) is 0 Å². The predicted octanol–water partition coefficient (Wildman–Crippen LogP) is 1.73. The highest BCUT2D eigenvalue weighted by atomic mass is 32.1. The first-order valence-electron chi connectivity index (χ1n) is 6.64. The number of nitrogens with zero attached hydrogens (tertiary/aromatic N) is 2. The molecule has 1 amide bonds. The molecule has 2 atom stereocenters. The molecular formula is C13H19N3OS. The van der Waals surface area contributed by atoms with Crippen LogP contribution in [-0.4, -0.2) is 41.0 Å². The van der Waals surface area contributed by atoms with Gasteiger partial charge in [0, 0.05) is 18.6 Å². The highest BCUT2D eigenvalue weighted by Crippen LogP contribution is 2.31.